The van der Waals surface area contributed by atoms with Crippen LogP contribution in [0.25, 0.3) is 0 Å². The summed E-state index contributed by atoms with van der Waals surface area (Å²) in [6.07, 6.45) is 1.75. The van der Waals surface area contributed by atoms with Gasteiger partial charge >= 0.3 is 0 Å². The van der Waals surface area contributed by atoms with Crippen LogP contribution in [-0.2, 0) is 6.42 Å². The van der Waals surface area contributed by atoms with Crippen LogP contribution in [0.1, 0.15) is 17.5 Å². The Morgan fingerprint density at radius 2 is 1.95 bits per heavy atom. The molecule has 0 saturated carbocycles. The molecular weight excluding hydrogens is 314 g/mol. The summed E-state index contributed by atoms with van der Waals surface area (Å²) in [5.41, 5.74) is 8.80. The maximum Gasteiger partial charge on any atom is 0.120 e. The van der Waals surface area contributed by atoms with Gasteiger partial charge in [0.15, 0.2) is 0 Å². The summed E-state index contributed by atoms with van der Waals surface area (Å²) in [5.74, 6) is 0.877. The molecule has 2 N–H and O–H groups in total. The van der Waals surface area contributed by atoms with Gasteiger partial charge in [0.2, 0.25) is 0 Å². The van der Waals surface area contributed by atoms with E-state index in [0.29, 0.717) is 6.61 Å². The third-order valence-electron chi connectivity index (χ3n) is 3.30. The molecule has 20 heavy (non-hydrogen) atoms. The molecule has 2 nitrogen and oxygen atoms in total. The lowest BCUT2D eigenvalue weighted by Crippen LogP contribution is -2.25. The van der Waals surface area contributed by atoms with Crippen LogP contribution in [0.3, 0.4) is 0 Å². The van der Waals surface area contributed by atoms with Gasteiger partial charge in [0.05, 0.1) is 6.61 Å². The molecule has 0 aliphatic carbocycles. The SMILES string of the molecule is Cc1ccccc1CC(N)CCOc1cccc(Br)c1. The van der Waals surface area contributed by atoms with E-state index < -0.39 is 0 Å². The van der Waals surface area contributed by atoms with E-state index in [-0.39, 0.29) is 6.04 Å². The van der Waals surface area contributed by atoms with Gasteiger partial charge in [-0.2, -0.15) is 0 Å². The first-order valence-electron chi connectivity index (χ1n) is 6.83. The second kappa shape index (κ2) is 7.46. The maximum absolute atomic E-state index is 6.18. The lowest BCUT2D eigenvalue weighted by atomic mass is 10.0. The minimum absolute atomic E-state index is 0.128. The first kappa shape index (κ1) is 15.1. The van der Waals surface area contributed by atoms with Gasteiger partial charge in [-0.05, 0) is 49.1 Å². The van der Waals surface area contributed by atoms with Gasteiger partial charge in [0.1, 0.15) is 5.75 Å². The normalized spacial score (nSPS) is 12.2. The van der Waals surface area contributed by atoms with Crippen LogP contribution in [0, 0.1) is 6.92 Å². The van der Waals surface area contributed by atoms with Gasteiger partial charge in [-0.1, -0.05) is 46.3 Å². The van der Waals surface area contributed by atoms with Crippen LogP contribution in [0.2, 0.25) is 0 Å². The van der Waals surface area contributed by atoms with E-state index in [1.54, 1.807) is 0 Å². The van der Waals surface area contributed by atoms with E-state index in [9.17, 15) is 0 Å². The Labute approximate surface area is 129 Å². The van der Waals surface area contributed by atoms with Crippen molar-refractivity contribution in [1.82, 2.24) is 0 Å². The number of hydrogen-bond acceptors (Lipinski definition) is 2. The Bertz CT molecular complexity index is 556. The molecule has 2 aromatic rings. The molecule has 0 heterocycles. The molecule has 0 amide bonds. The van der Waals surface area contributed by atoms with Crippen molar-refractivity contribution in [2.24, 2.45) is 5.73 Å². The van der Waals surface area contributed by atoms with Crippen molar-refractivity contribution < 1.29 is 4.74 Å². The summed E-state index contributed by atoms with van der Waals surface area (Å²) in [7, 11) is 0. The van der Waals surface area contributed by atoms with Crippen molar-refractivity contribution >= 4 is 15.9 Å². The maximum atomic E-state index is 6.18. The molecule has 0 saturated heterocycles. The van der Waals surface area contributed by atoms with Crippen molar-refractivity contribution in [2.75, 3.05) is 6.61 Å². The average Bonchev–Trinajstić information content (AvgIpc) is 2.41. The standard InChI is InChI=1S/C17H20BrNO/c1-13-5-2-3-6-14(13)11-16(19)9-10-20-17-8-4-7-15(18)12-17/h2-8,12,16H,9-11,19H2,1H3. The Morgan fingerprint density at radius 3 is 2.70 bits per heavy atom. The highest BCUT2D eigenvalue weighted by Crippen LogP contribution is 2.18. The summed E-state index contributed by atoms with van der Waals surface area (Å²) >= 11 is 3.43. The van der Waals surface area contributed by atoms with Crippen LogP contribution in [0.5, 0.6) is 5.75 Å². The molecule has 0 bridgehead atoms. The Kier molecular flexibility index (Phi) is 5.62. The lowest BCUT2D eigenvalue weighted by Gasteiger charge is -2.14. The van der Waals surface area contributed by atoms with E-state index in [4.69, 9.17) is 10.5 Å². The van der Waals surface area contributed by atoms with Crippen molar-refractivity contribution in [3.63, 3.8) is 0 Å². The predicted octanol–water partition coefficient (Wildman–Crippen LogP) is 4.10. The van der Waals surface area contributed by atoms with Crippen molar-refractivity contribution in [1.29, 1.82) is 0 Å². The summed E-state index contributed by atoms with van der Waals surface area (Å²) < 4.78 is 6.74. The average molecular weight is 334 g/mol. The monoisotopic (exact) mass is 333 g/mol. The zero-order valence-corrected chi connectivity index (χ0v) is 13.3. The Hall–Kier alpha value is -1.32. The van der Waals surface area contributed by atoms with Gasteiger partial charge in [-0.3, -0.25) is 0 Å². The molecule has 0 aromatic heterocycles. The number of benzene rings is 2. The highest BCUT2D eigenvalue weighted by atomic mass is 79.9. The van der Waals surface area contributed by atoms with Crippen LogP contribution in [0.15, 0.2) is 53.0 Å². The van der Waals surface area contributed by atoms with E-state index in [1.165, 1.54) is 11.1 Å². The van der Waals surface area contributed by atoms with Crippen LogP contribution >= 0.6 is 15.9 Å². The van der Waals surface area contributed by atoms with E-state index in [0.717, 1.165) is 23.1 Å². The van der Waals surface area contributed by atoms with Crippen LogP contribution < -0.4 is 10.5 Å². The van der Waals surface area contributed by atoms with Gasteiger partial charge in [-0.25, -0.2) is 0 Å². The second-order valence-electron chi connectivity index (χ2n) is 4.99. The molecular formula is C17H20BrNO. The largest absolute Gasteiger partial charge is 0.493 e. The Balaban J connectivity index is 1.78. The Morgan fingerprint density at radius 1 is 1.15 bits per heavy atom. The summed E-state index contributed by atoms with van der Waals surface area (Å²) in [6.45, 7) is 2.77. The zero-order chi connectivity index (χ0) is 14.4. The molecule has 0 aliphatic heterocycles. The highest BCUT2D eigenvalue weighted by Gasteiger charge is 2.06. The molecule has 0 fully saturated rings. The smallest absolute Gasteiger partial charge is 0.120 e. The molecule has 0 spiro atoms. The molecule has 3 heteroatoms. The first-order chi connectivity index (χ1) is 9.65. The van der Waals surface area contributed by atoms with E-state index >= 15 is 0 Å². The van der Waals surface area contributed by atoms with Crippen molar-refractivity contribution in [3.05, 3.63) is 64.1 Å². The van der Waals surface area contributed by atoms with Gasteiger partial charge in [-0.15, -0.1) is 0 Å². The quantitative estimate of drug-likeness (QED) is 0.863. The van der Waals surface area contributed by atoms with Gasteiger partial charge in [0.25, 0.3) is 0 Å². The zero-order valence-electron chi connectivity index (χ0n) is 11.7. The van der Waals surface area contributed by atoms with Crippen molar-refractivity contribution in [3.8, 4) is 5.75 Å². The molecule has 2 rings (SSSR count). The van der Waals surface area contributed by atoms with Gasteiger partial charge in [0, 0.05) is 10.5 Å². The van der Waals surface area contributed by atoms with Crippen LogP contribution in [0.4, 0.5) is 0 Å². The fourth-order valence-corrected chi connectivity index (χ4v) is 2.49. The molecule has 2 aromatic carbocycles. The number of rotatable bonds is 6. The van der Waals surface area contributed by atoms with E-state index in [2.05, 4.69) is 47.1 Å². The predicted molar refractivity (Wildman–Crippen MR) is 87.1 cm³/mol. The summed E-state index contributed by atoms with van der Waals surface area (Å²) in [4.78, 5) is 0. The fraction of sp³-hybridized carbons (Fsp3) is 0.294. The molecule has 106 valence electrons. The van der Waals surface area contributed by atoms with E-state index in [1.807, 2.05) is 24.3 Å². The molecule has 1 atom stereocenters. The summed E-state index contributed by atoms with van der Waals surface area (Å²) in [5, 5.41) is 0. The fourth-order valence-electron chi connectivity index (χ4n) is 2.11. The molecule has 0 aliphatic rings. The minimum Gasteiger partial charge on any atom is -0.493 e. The number of hydrogen-bond donors (Lipinski definition) is 1. The van der Waals surface area contributed by atoms with Crippen LogP contribution in [-0.4, -0.2) is 12.6 Å². The molecule has 1 unspecified atom stereocenters. The number of ether oxygens (including phenoxy) is 1. The summed E-state index contributed by atoms with van der Waals surface area (Å²) in [6, 6.07) is 16.4. The first-order valence-corrected chi connectivity index (χ1v) is 7.63. The highest BCUT2D eigenvalue weighted by molar-refractivity contribution is 9.10. The molecule has 0 radical (unpaired) electrons. The number of nitrogens with two attached hydrogens (primary N) is 1. The minimum atomic E-state index is 0.128. The van der Waals surface area contributed by atoms with Crippen molar-refractivity contribution in [2.45, 2.75) is 25.8 Å². The second-order valence-corrected chi connectivity index (χ2v) is 5.90. The van der Waals surface area contributed by atoms with Gasteiger partial charge < -0.3 is 10.5 Å². The third kappa shape index (κ3) is 4.66. The lowest BCUT2D eigenvalue weighted by molar-refractivity contribution is 0.297. The third-order valence-corrected chi connectivity index (χ3v) is 3.79. The number of aryl methyl sites for hydroxylation is 1. The topological polar surface area (TPSA) is 35.2 Å². The number of halogens is 1.